The van der Waals surface area contributed by atoms with Gasteiger partial charge in [-0.15, -0.1) is 0 Å². The minimum atomic E-state index is -3.44. The highest BCUT2D eigenvalue weighted by molar-refractivity contribution is 7.89. The lowest BCUT2D eigenvalue weighted by Crippen LogP contribution is -2.35. The van der Waals surface area contributed by atoms with Gasteiger partial charge in [-0.2, -0.15) is 0 Å². The van der Waals surface area contributed by atoms with E-state index in [1.165, 1.54) is 32.4 Å². The van der Waals surface area contributed by atoms with Gasteiger partial charge in [-0.1, -0.05) is 6.42 Å². The van der Waals surface area contributed by atoms with Gasteiger partial charge in [0.05, 0.1) is 16.3 Å². The second-order valence-corrected chi connectivity index (χ2v) is 6.50. The third kappa shape index (κ3) is 3.37. The van der Waals surface area contributed by atoms with Gasteiger partial charge in [0.1, 0.15) is 0 Å². The zero-order valence-corrected chi connectivity index (χ0v) is 11.8. The van der Waals surface area contributed by atoms with Crippen molar-refractivity contribution < 1.29 is 8.42 Å². The summed E-state index contributed by atoms with van der Waals surface area (Å²) in [5, 5.41) is 2.11. The molecule has 6 nitrogen and oxygen atoms in total. The number of nitrogen functional groups attached to an aromatic ring is 1. The van der Waals surface area contributed by atoms with Crippen molar-refractivity contribution in [1.82, 2.24) is 9.73 Å². The first-order valence-corrected chi connectivity index (χ1v) is 7.86. The predicted molar refractivity (Wildman–Crippen MR) is 76.1 cm³/mol. The molecule has 0 atom stereocenters. The fraction of sp³-hybridized carbons (Fsp3) is 0.500. The summed E-state index contributed by atoms with van der Waals surface area (Å²) >= 11 is 0. The number of sulfonamides is 1. The molecule has 1 fully saturated rings. The number of hydrogen-bond donors (Lipinski definition) is 3. The average molecular weight is 284 g/mol. The van der Waals surface area contributed by atoms with Crippen LogP contribution in [0.1, 0.15) is 19.3 Å². The molecule has 0 radical (unpaired) electrons. The second kappa shape index (κ2) is 5.77. The number of nitrogens with zero attached hydrogens (tertiary/aromatic N) is 1. The molecule has 7 heteroatoms. The van der Waals surface area contributed by atoms with Crippen molar-refractivity contribution in [3.8, 4) is 0 Å². The molecule has 19 heavy (non-hydrogen) atoms. The van der Waals surface area contributed by atoms with E-state index in [2.05, 4.69) is 15.2 Å². The van der Waals surface area contributed by atoms with Crippen LogP contribution in [0.15, 0.2) is 23.1 Å². The van der Waals surface area contributed by atoms with Gasteiger partial charge in [-0.25, -0.2) is 18.1 Å². The van der Waals surface area contributed by atoms with Crippen molar-refractivity contribution in [2.75, 3.05) is 31.3 Å². The van der Waals surface area contributed by atoms with Gasteiger partial charge >= 0.3 is 0 Å². The van der Waals surface area contributed by atoms with Crippen LogP contribution in [0, 0.1) is 0 Å². The Labute approximate surface area is 114 Å². The van der Waals surface area contributed by atoms with Crippen LogP contribution in [0.2, 0.25) is 0 Å². The number of anilines is 2. The van der Waals surface area contributed by atoms with Crippen molar-refractivity contribution in [3.05, 3.63) is 18.2 Å². The Morgan fingerprint density at radius 1 is 1.21 bits per heavy atom. The molecule has 0 aromatic heterocycles. The number of hydrogen-bond acceptors (Lipinski definition) is 5. The quantitative estimate of drug-likeness (QED) is 0.718. The molecule has 0 saturated carbocycles. The molecule has 2 rings (SSSR count). The number of nitrogens with one attached hydrogen (secondary N) is 2. The smallest absolute Gasteiger partial charge is 0.240 e. The Kier molecular flexibility index (Phi) is 4.28. The lowest BCUT2D eigenvalue weighted by atomic mass is 10.2. The fourth-order valence-corrected chi connectivity index (χ4v) is 2.87. The van der Waals surface area contributed by atoms with Crippen LogP contribution in [-0.4, -0.2) is 33.6 Å². The molecule has 1 aliphatic rings. The molecule has 0 unspecified atom stereocenters. The summed E-state index contributed by atoms with van der Waals surface area (Å²) in [5.41, 5.74) is 10.3. The van der Waals surface area contributed by atoms with E-state index >= 15 is 0 Å². The van der Waals surface area contributed by atoms with Gasteiger partial charge in [0, 0.05) is 13.1 Å². The maximum Gasteiger partial charge on any atom is 0.240 e. The maximum atomic E-state index is 11.7. The van der Waals surface area contributed by atoms with Gasteiger partial charge in [-0.3, -0.25) is 0 Å². The number of hydrazine groups is 1. The minimum Gasteiger partial charge on any atom is -0.397 e. The Morgan fingerprint density at radius 2 is 1.89 bits per heavy atom. The SMILES string of the molecule is CNS(=O)(=O)c1ccc(NN2CCCCC2)c(N)c1. The van der Waals surface area contributed by atoms with E-state index in [1.807, 2.05) is 0 Å². The van der Waals surface area contributed by atoms with Gasteiger partial charge < -0.3 is 11.2 Å². The molecular formula is C12H20N4O2S. The summed E-state index contributed by atoms with van der Waals surface area (Å²) in [4.78, 5) is 0.177. The van der Waals surface area contributed by atoms with Crippen LogP contribution in [0.3, 0.4) is 0 Å². The van der Waals surface area contributed by atoms with Crippen molar-refractivity contribution >= 4 is 21.4 Å². The van der Waals surface area contributed by atoms with Crippen molar-refractivity contribution in [3.63, 3.8) is 0 Å². The first kappa shape index (κ1) is 14.1. The highest BCUT2D eigenvalue weighted by Crippen LogP contribution is 2.23. The summed E-state index contributed by atoms with van der Waals surface area (Å²) in [5.74, 6) is 0. The van der Waals surface area contributed by atoms with Gasteiger partial charge in [-0.05, 0) is 38.1 Å². The molecule has 0 bridgehead atoms. The third-order valence-corrected chi connectivity index (χ3v) is 4.65. The summed E-state index contributed by atoms with van der Waals surface area (Å²) < 4.78 is 25.6. The average Bonchev–Trinajstić information content (AvgIpc) is 2.42. The molecule has 0 spiro atoms. The van der Waals surface area contributed by atoms with Gasteiger partial charge in [0.15, 0.2) is 0 Å². The Morgan fingerprint density at radius 3 is 2.47 bits per heavy atom. The van der Waals surface area contributed by atoms with Crippen LogP contribution in [-0.2, 0) is 10.0 Å². The molecule has 1 aromatic rings. The van der Waals surface area contributed by atoms with Crippen molar-refractivity contribution in [2.24, 2.45) is 0 Å². The zero-order valence-electron chi connectivity index (χ0n) is 11.0. The molecule has 1 aliphatic heterocycles. The van der Waals surface area contributed by atoms with Crippen LogP contribution in [0.5, 0.6) is 0 Å². The molecule has 1 heterocycles. The molecule has 106 valence electrons. The zero-order chi connectivity index (χ0) is 13.9. The van der Waals surface area contributed by atoms with Crippen LogP contribution < -0.4 is 15.9 Å². The number of benzene rings is 1. The van der Waals surface area contributed by atoms with Crippen LogP contribution in [0.25, 0.3) is 0 Å². The summed E-state index contributed by atoms with van der Waals surface area (Å²) in [7, 11) is -2.06. The Bertz CT molecular complexity index is 539. The van der Waals surface area contributed by atoms with Gasteiger partial charge in [0.2, 0.25) is 10.0 Å². The Balaban J connectivity index is 2.15. The lowest BCUT2D eigenvalue weighted by molar-refractivity contribution is 0.273. The standard InChI is InChI=1S/C12H20N4O2S/c1-14-19(17,18)10-5-6-12(11(13)9-10)15-16-7-3-2-4-8-16/h5-6,9,14-15H,2-4,7-8,13H2,1H3. The number of piperidine rings is 1. The van der Waals surface area contributed by atoms with Crippen molar-refractivity contribution in [2.45, 2.75) is 24.2 Å². The van der Waals surface area contributed by atoms with E-state index in [-0.39, 0.29) is 4.90 Å². The van der Waals surface area contributed by atoms with Crippen LogP contribution >= 0.6 is 0 Å². The fourth-order valence-electron chi connectivity index (χ4n) is 2.10. The highest BCUT2D eigenvalue weighted by atomic mass is 32.2. The van der Waals surface area contributed by atoms with E-state index < -0.39 is 10.0 Å². The summed E-state index contributed by atoms with van der Waals surface area (Å²) in [6.45, 7) is 1.96. The van der Waals surface area contributed by atoms with Gasteiger partial charge in [0.25, 0.3) is 0 Å². The first-order chi connectivity index (χ1) is 9.03. The Hall–Kier alpha value is -1.31. The molecule has 0 aliphatic carbocycles. The largest absolute Gasteiger partial charge is 0.397 e. The molecule has 1 saturated heterocycles. The van der Waals surface area contributed by atoms with Crippen molar-refractivity contribution in [1.29, 1.82) is 0 Å². The third-order valence-electron chi connectivity index (χ3n) is 3.24. The van der Waals surface area contributed by atoms with E-state index in [0.29, 0.717) is 5.69 Å². The highest BCUT2D eigenvalue weighted by Gasteiger charge is 2.15. The van der Waals surface area contributed by atoms with E-state index in [9.17, 15) is 8.42 Å². The summed E-state index contributed by atoms with van der Waals surface area (Å²) in [6.07, 6.45) is 3.59. The number of rotatable bonds is 4. The van der Waals surface area contributed by atoms with Crippen LogP contribution in [0.4, 0.5) is 11.4 Å². The molecule has 1 aromatic carbocycles. The van der Waals surface area contributed by atoms with E-state index in [4.69, 9.17) is 5.73 Å². The molecule has 0 amide bonds. The molecular weight excluding hydrogens is 264 g/mol. The molecule has 4 N–H and O–H groups in total. The number of nitrogens with two attached hydrogens (primary N) is 1. The monoisotopic (exact) mass is 284 g/mol. The summed E-state index contributed by atoms with van der Waals surface area (Å²) in [6, 6.07) is 4.72. The van der Waals surface area contributed by atoms with E-state index in [1.54, 1.807) is 12.1 Å². The predicted octanol–water partition coefficient (Wildman–Crippen LogP) is 0.990. The topological polar surface area (TPSA) is 87.5 Å². The maximum absolute atomic E-state index is 11.7. The second-order valence-electron chi connectivity index (χ2n) is 4.62. The minimum absolute atomic E-state index is 0.177. The first-order valence-electron chi connectivity index (χ1n) is 6.37. The normalized spacial score (nSPS) is 17.3. The lowest BCUT2D eigenvalue weighted by Gasteiger charge is -2.28. The van der Waals surface area contributed by atoms with E-state index in [0.717, 1.165) is 18.8 Å².